The van der Waals surface area contributed by atoms with Crippen molar-refractivity contribution in [1.29, 1.82) is 0 Å². The lowest BCUT2D eigenvalue weighted by atomic mass is 9.83. The van der Waals surface area contributed by atoms with E-state index in [0.717, 1.165) is 11.3 Å². The van der Waals surface area contributed by atoms with Gasteiger partial charge in [0.05, 0.1) is 23.4 Å². The molecule has 0 radical (unpaired) electrons. The highest BCUT2D eigenvalue weighted by atomic mass is 19.1. The molecule has 1 saturated heterocycles. The fraction of sp³-hybridized carbons (Fsp3) is 0.440. The SMILES string of the molecule is CC(C)NC(=O)CN1CCN2c3ccc([N+](=O)[O-])cc3C[C@@H](C(=O)NCc3cccc(F)c3)[C@@H]2C1. The average molecular weight is 484 g/mol. The van der Waals surface area contributed by atoms with E-state index in [4.69, 9.17) is 0 Å². The van der Waals surface area contributed by atoms with Crippen molar-refractivity contribution in [3.63, 3.8) is 0 Å². The molecule has 2 aromatic rings. The third kappa shape index (κ3) is 5.76. The molecule has 1 fully saturated rings. The van der Waals surface area contributed by atoms with Crippen LogP contribution < -0.4 is 15.5 Å². The zero-order valence-corrected chi connectivity index (χ0v) is 19.9. The van der Waals surface area contributed by atoms with Crippen LogP contribution in [0.1, 0.15) is 25.0 Å². The molecule has 0 saturated carbocycles. The zero-order valence-electron chi connectivity index (χ0n) is 19.9. The van der Waals surface area contributed by atoms with Crippen LogP contribution in [0.3, 0.4) is 0 Å². The van der Waals surface area contributed by atoms with E-state index < -0.39 is 10.8 Å². The third-order valence-electron chi connectivity index (χ3n) is 6.50. The number of piperazine rings is 1. The summed E-state index contributed by atoms with van der Waals surface area (Å²) in [6, 6.07) is 10.7. The topological polar surface area (TPSA) is 108 Å². The summed E-state index contributed by atoms with van der Waals surface area (Å²) < 4.78 is 13.5. The molecule has 9 nitrogen and oxygen atoms in total. The molecular weight excluding hydrogens is 453 g/mol. The fourth-order valence-corrected chi connectivity index (χ4v) is 4.96. The Morgan fingerprint density at radius 1 is 1.20 bits per heavy atom. The number of nitrogens with one attached hydrogen (secondary N) is 2. The summed E-state index contributed by atoms with van der Waals surface area (Å²) in [5, 5.41) is 17.1. The number of halogens is 1. The van der Waals surface area contributed by atoms with Gasteiger partial charge in [0, 0.05) is 50.0 Å². The average Bonchev–Trinajstić information content (AvgIpc) is 2.81. The van der Waals surface area contributed by atoms with E-state index in [1.54, 1.807) is 24.3 Å². The Kier molecular flexibility index (Phi) is 7.30. The summed E-state index contributed by atoms with van der Waals surface area (Å²) in [7, 11) is 0. The molecule has 2 N–H and O–H groups in total. The highest BCUT2D eigenvalue weighted by molar-refractivity contribution is 5.82. The first-order valence-corrected chi connectivity index (χ1v) is 11.8. The number of benzene rings is 2. The highest BCUT2D eigenvalue weighted by Crippen LogP contribution is 2.38. The second-order valence-corrected chi connectivity index (χ2v) is 9.45. The highest BCUT2D eigenvalue weighted by Gasteiger charge is 2.42. The molecule has 2 amide bonds. The van der Waals surface area contributed by atoms with Gasteiger partial charge in [-0.05, 0) is 49.6 Å². The molecule has 2 heterocycles. The maximum Gasteiger partial charge on any atom is 0.269 e. The molecule has 2 aromatic carbocycles. The van der Waals surface area contributed by atoms with Crippen molar-refractivity contribution >= 4 is 23.2 Å². The van der Waals surface area contributed by atoms with E-state index in [1.165, 1.54) is 18.2 Å². The van der Waals surface area contributed by atoms with Crippen molar-refractivity contribution in [3.05, 3.63) is 69.5 Å². The number of nitrogens with zero attached hydrogens (tertiary/aromatic N) is 3. The van der Waals surface area contributed by atoms with Crippen molar-refractivity contribution in [2.24, 2.45) is 5.92 Å². The molecule has 0 bridgehead atoms. The summed E-state index contributed by atoms with van der Waals surface area (Å²) in [6.45, 7) is 5.99. The minimum absolute atomic E-state index is 0.00916. The predicted molar refractivity (Wildman–Crippen MR) is 129 cm³/mol. The van der Waals surface area contributed by atoms with E-state index >= 15 is 0 Å². The van der Waals surface area contributed by atoms with Crippen LogP contribution in [0.25, 0.3) is 0 Å². The first-order chi connectivity index (χ1) is 16.7. The number of hydrogen-bond acceptors (Lipinski definition) is 6. The van der Waals surface area contributed by atoms with Crippen molar-refractivity contribution < 1.29 is 18.9 Å². The van der Waals surface area contributed by atoms with E-state index in [2.05, 4.69) is 15.5 Å². The molecule has 2 aliphatic heterocycles. The number of non-ortho nitro benzene ring substituents is 1. The van der Waals surface area contributed by atoms with Crippen LogP contribution in [0.4, 0.5) is 15.8 Å². The smallest absolute Gasteiger partial charge is 0.269 e. The quantitative estimate of drug-likeness (QED) is 0.462. The van der Waals surface area contributed by atoms with Gasteiger partial charge in [0.15, 0.2) is 0 Å². The first-order valence-electron chi connectivity index (χ1n) is 11.8. The van der Waals surface area contributed by atoms with Crippen molar-refractivity contribution in [1.82, 2.24) is 15.5 Å². The second kappa shape index (κ2) is 10.4. The Bertz CT molecular complexity index is 1120. The van der Waals surface area contributed by atoms with E-state index in [-0.39, 0.29) is 48.5 Å². The molecule has 0 aromatic heterocycles. The number of anilines is 1. The van der Waals surface area contributed by atoms with Gasteiger partial charge >= 0.3 is 0 Å². The summed E-state index contributed by atoms with van der Waals surface area (Å²) in [4.78, 5) is 40.8. The zero-order chi connectivity index (χ0) is 25.1. The first kappa shape index (κ1) is 24.6. The van der Waals surface area contributed by atoms with Crippen molar-refractivity contribution in [3.8, 4) is 0 Å². The number of fused-ring (bicyclic) bond motifs is 3. The molecule has 0 spiro atoms. The maximum atomic E-state index is 13.5. The summed E-state index contributed by atoms with van der Waals surface area (Å²) >= 11 is 0. The lowest BCUT2D eigenvalue weighted by molar-refractivity contribution is -0.384. The summed E-state index contributed by atoms with van der Waals surface area (Å²) in [5.74, 6) is -1.11. The van der Waals surface area contributed by atoms with Crippen LogP contribution in [0.15, 0.2) is 42.5 Å². The number of rotatable bonds is 7. The molecule has 2 aliphatic rings. The van der Waals surface area contributed by atoms with Crippen LogP contribution in [-0.2, 0) is 22.6 Å². The minimum Gasteiger partial charge on any atom is -0.365 e. The Labute approximate surface area is 203 Å². The molecule has 0 aliphatic carbocycles. The van der Waals surface area contributed by atoms with Gasteiger partial charge in [0.2, 0.25) is 11.8 Å². The molecular formula is C25H30FN5O4. The van der Waals surface area contributed by atoms with Crippen LogP contribution in [0.2, 0.25) is 0 Å². The Hall–Kier alpha value is -3.53. The third-order valence-corrected chi connectivity index (χ3v) is 6.50. The molecule has 186 valence electrons. The van der Waals surface area contributed by atoms with Crippen LogP contribution >= 0.6 is 0 Å². The summed E-state index contributed by atoms with van der Waals surface area (Å²) in [6.07, 6.45) is 0.346. The summed E-state index contributed by atoms with van der Waals surface area (Å²) in [5.41, 5.74) is 2.29. The number of nitro groups is 1. The molecule has 4 rings (SSSR count). The number of hydrogen-bond donors (Lipinski definition) is 2. The van der Waals surface area contributed by atoms with Crippen LogP contribution in [0.5, 0.6) is 0 Å². The Morgan fingerprint density at radius 3 is 2.71 bits per heavy atom. The van der Waals surface area contributed by atoms with E-state index in [0.29, 0.717) is 31.6 Å². The number of carbonyl (C=O) groups excluding carboxylic acids is 2. The lowest BCUT2D eigenvalue weighted by Gasteiger charge is -2.49. The van der Waals surface area contributed by atoms with Gasteiger partial charge in [0.1, 0.15) is 5.82 Å². The van der Waals surface area contributed by atoms with Gasteiger partial charge < -0.3 is 15.5 Å². The fourth-order valence-electron chi connectivity index (χ4n) is 4.96. The van der Waals surface area contributed by atoms with Gasteiger partial charge in [-0.3, -0.25) is 24.6 Å². The molecule has 35 heavy (non-hydrogen) atoms. The second-order valence-electron chi connectivity index (χ2n) is 9.45. The molecule has 0 unspecified atom stereocenters. The maximum absolute atomic E-state index is 13.5. The van der Waals surface area contributed by atoms with Gasteiger partial charge in [0.25, 0.3) is 5.69 Å². The normalized spacial score (nSPS) is 19.6. The Balaban J connectivity index is 1.56. The van der Waals surface area contributed by atoms with Gasteiger partial charge in [-0.25, -0.2) is 4.39 Å². The van der Waals surface area contributed by atoms with Crippen LogP contribution in [0, 0.1) is 21.8 Å². The number of carbonyl (C=O) groups is 2. The van der Waals surface area contributed by atoms with Gasteiger partial charge in [-0.15, -0.1) is 0 Å². The van der Waals surface area contributed by atoms with Crippen molar-refractivity contribution in [2.75, 3.05) is 31.1 Å². The van der Waals surface area contributed by atoms with Crippen LogP contribution in [-0.4, -0.2) is 59.9 Å². The van der Waals surface area contributed by atoms with Gasteiger partial charge in [-0.2, -0.15) is 0 Å². The monoisotopic (exact) mass is 483 g/mol. The standard InChI is InChI=1S/C25H30FN5O4/c1-16(2)28-24(32)15-29-8-9-30-22-7-6-20(31(34)35)11-18(22)12-21(23(30)14-29)25(33)27-13-17-4-3-5-19(26)10-17/h3-7,10-11,16,21,23H,8-9,12-15H2,1-2H3,(H,27,33)(H,28,32)/t21-,23+/m1/s1. The minimum atomic E-state index is -0.478. The van der Waals surface area contributed by atoms with Gasteiger partial charge in [-0.1, -0.05) is 12.1 Å². The van der Waals surface area contributed by atoms with E-state index in [9.17, 15) is 24.1 Å². The largest absolute Gasteiger partial charge is 0.365 e. The van der Waals surface area contributed by atoms with E-state index in [1.807, 2.05) is 18.7 Å². The number of nitro benzene ring substituents is 1. The molecule has 10 heteroatoms. The van der Waals surface area contributed by atoms with Crippen molar-refractivity contribution in [2.45, 2.75) is 38.9 Å². The predicted octanol–water partition coefficient (Wildman–Crippen LogP) is 2.24. The molecule has 2 atom stereocenters. The Morgan fingerprint density at radius 2 is 2.00 bits per heavy atom. The number of amides is 2. The lowest BCUT2D eigenvalue weighted by Crippen LogP contribution is -2.62.